The first kappa shape index (κ1) is 40.8. The topological polar surface area (TPSA) is 90.0 Å². The summed E-state index contributed by atoms with van der Waals surface area (Å²) in [5, 5.41) is 0. The van der Waals surface area contributed by atoms with E-state index in [9.17, 15) is 19.2 Å². The molecule has 0 radical (unpaired) electrons. The van der Waals surface area contributed by atoms with Crippen molar-refractivity contribution in [1.29, 1.82) is 0 Å². The van der Waals surface area contributed by atoms with Gasteiger partial charge in [-0.25, -0.2) is 0 Å². The molecule has 1 heterocycles. The SMILES string of the molecule is CC.COC(=O)C(C)(CC(C)(C)C(C)(C)C(C)(CC(C)(C)C)C(=O)OCCCCCCN1C(=O)C=CCC1=O)C(C)(C)C. The highest BCUT2D eigenvalue weighted by molar-refractivity contribution is 6.04. The van der Waals surface area contributed by atoms with Gasteiger partial charge in [0.1, 0.15) is 0 Å². The molecule has 0 saturated heterocycles. The maximum absolute atomic E-state index is 14.0. The molecule has 0 saturated carbocycles. The van der Waals surface area contributed by atoms with Crippen molar-refractivity contribution in [2.75, 3.05) is 20.3 Å². The van der Waals surface area contributed by atoms with Gasteiger partial charge in [-0.2, -0.15) is 0 Å². The third-order valence-corrected chi connectivity index (χ3v) is 10.1. The van der Waals surface area contributed by atoms with Crippen LogP contribution in [-0.2, 0) is 28.7 Å². The van der Waals surface area contributed by atoms with Crippen LogP contribution in [0.3, 0.4) is 0 Å². The van der Waals surface area contributed by atoms with Crippen LogP contribution in [0.2, 0.25) is 0 Å². The molecule has 0 aliphatic carbocycles. The normalized spacial score (nSPS) is 17.4. The number of amides is 2. The van der Waals surface area contributed by atoms with Crippen molar-refractivity contribution in [2.45, 2.75) is 142 Å². The van der Waals surface area contributed by atoms with Crippen molar-refractivity contribution >= 4 is 23.8 Å². The first-order chi connectivity index (χ1) is 19.5. The maximum atomic E-state index is 14.0. The zero-order chi connectivity index (χ0) is 34.1. The predicted molar refractivity (Wildman–Crippen MR) is 175 cm³/mol. The molecular formula is C36H65NO6. The second-order valence-corrected chi connectivity index (χ2v) is 15.9. The molecule has 0 aromatic carbocycles. The minimum Gasteiger partial charge on any atom is -0.469 e. The van der Waals surface area contributed by atoms with Crippen molar-refractivity contribution in [2.24, 2.45) is 32.5 Å². The van der Waals surface area contributed by atoms with Crippen LogP contribution in [0.15, 0.2) is 12.2 Å². The Morgan fingerprint density at radius 1 is 0.767 bits per heavy atom. The second kappa shape index (κ2) is 15.7. The number of carbonyl (C=O) groups excluding carboxylic acids is 4. The Bertz CT molecular complexity index is 981. The lowest BCUT2D eigenvalue weighted by Crippen LogP contribution is -2.55. The van der Waals surface area contributed by atoms with Crippen LogP contribution >= 0.6 is 0 Å². The number of esters is 2. The van der Waals surface area contributed by atoms with Gasteiger partial charge in [-0.1, -0.05) is 95.6 Å². The molecule has 250 valence electrons. The molecule has 1 aliphatic heterocycles. The van der Waals surface area contributed by atoms with Crippen LogP contribution in [0, 0.1) is 32.5 Å². The zero-order valence-corrected chi connectivity index (χ0v) is 30.4. The summed E-state index contributed by atoms with van der Waals surface area (Å²) in [6.45, 7) is 29.9. The number of hydrogen-bond acceptors (Lipinski definition) is 6. The number of methoxy groups -OCH3 is 1. The van der Waals surface area contributed by atoms with Gasteiger partial charge in [0.2, 0.25) is 5.91 Å². The van der Waals surface area contributed by atoms with Gasteiger partial charge in [0.25, 0.3) is 5.91 Å². The van der Waals surface area contributed by atoms with Gasteiger partial charge in [0.15, 0.2) is 0 Å². The minimum atomic E-state index is -0.813. The van der Waals surface area contributed by atoms with E-state index in [1.54, 1.807) is 6.08 Å². The molecular weight excluding hydrogens is 542 g/mol. The van der Waals surface area contributed by atoms with Crippen LogP contribution in [0.25, 0.3) is 0 Å². The highest BCUT2D eigenvalue weighted by atomic mass is 16.5. The Morgan fingerprint density at radius 2 is 1.30 bits per heavy atom. The number of ether oxygens (including phenoxy) is 2. The average Bonchev–Trinajstić information content (AvgIpc) is 2.87. The molecule has 0 aromatic heterocycles. The molecule has 0 spiro atoms. The Kier molecular flexibility index (Phi) is 14.9. The van der Waals surface area contributed by atoms with Crippen molar-refractivity contribution in [3.8, 4) is 0 Å². The molecule has 0 aromatic rings. The first-order valence-corrected chi connectivity index (χ1v) is 16.2. The fourth-order valence-corrected chi connectivity index (χ4v) is 6.20. The average molecular weight is 608 g/mol. The molecule has 0 bridgehead atoms. The first-order valence-electron chi connectivity index (χ1n) is 16.2. The smallest absolute Gasteiger partial charge is 0.312 e. The minimum absolute atomic E-state index is 0.130. The summed E-state index contributed by atoms with van der Waals surface area (Å²) in [5.74, 6) is -0.838. The van der Waals surface area contributed by atoms with Crippen LogP contribution in [0.5, 0.6) is 0 Å². The zero-order valence-electron chi connectivity index (χ0n) is 30.4. The van der Waals surface area contributed by atoms with Crippen LogP contribution in [0.4, 0.5) is 0 Å². The van der Waals surface area contributed by atoms with Gasteiger partial charge in [-0.3, -0.25) is 24.1 Å². The van der Waals surface area contributed by atoms with E-state index in [0.717, 1.165) is 19.3 Å². The molecule has 43 heavy (non-hydrogen) atoms. The van der Waals surface area contributed by atoms with Crippen LogP contribution < -0.4 is 0 Å². The number of hydrogen-bond donors (Lipinski definition) is 0. The molecule has 0 N–H and O–H groups in total. The fourth-order valence-electron chi connectivity index (χ4n) is 6.20. The monoisotopic (exact) mass is 607 g/mol. The van der Waals surface area contributed by atoms with Crippen molar-refractivity contribution < 1.29 is 28.7 Å². The van der Waals surface area contributed by atoms with Crippen molar-refractivity contribution in [3.63, 3.8) is 0 Å². The molecule has 1 aliphatic rings. The summed E-state index contributed by atoms with van der Waals surface area (Å²) < 4.78 is 11.3. The molecule has 7 heteroatoms. The van der Waals surface area contributed by atoms with E-state index in [-0.39, 0.29) is 41.0 Å². The molecule has 1 rings (SSSR count). The molecule has 2 amide bonds. The lowest BCUT2D eigenvalue weighted by molar-refractivity contribution is -0.181. The van der Waals surface area contributed by atoms with Gasteiger partial charge < -0.3 is 9.47 Å². The summed E-state index contributed by atoms with van der Waals surface area (Å²) >= 11 is 0. The predicted octanol–water partition coefficient (Wildman–Crippen LogP) is 8.54. The summed E-state index contributed by atoms with van der Waals surface area (Å²) in [4.78, 5) is 52.2. The van der Waals surface area contributed by atoms with Crippen LogP contribution in [-0.4, -0.2) is 48.9 Å². The summed E-state index contributed by atoms with van der Waals surface area (Å²) in [6.07, 6.45) is 7.65. The van der Waals surface area contributed by atoms with Gasteiger partial charge >= 0.3 is 11.9 Å². The number of unbranched alkanes of at least 4 members (excludes halogenated alkanes) is 3. The largest absolute Gasteiger partial charge is 0.469 e. The highest BCUT2D eigenvalue weighted by Crippen LogP contribution is 2.61. The van der Waals surface area contributed by atoms with Gasteiger partial charge in [-0.05, 0) is 67.6 Å². The Labute approximate surface area is 263 Å². The summed E-state index contributed by atoms with van der Waals surface area (Å²) in [5.41, 5.74) is -3.01. The Morgan fingerprint density at radius 3 is 1.77 bits per heavy atom. The fraction of sp³-hybridized carbons (Fsp3) is 0.833. The summed E-state index contributed by atoms with van der Waals surface area (Å²) in [7, 11) is 1.44. The summed E-state index contributed by atoms with van der Waals surface area (Å²) in [6, 6.07) is 0. The number of rotatable bonds is 14. The van der Waals surface area contributed by atoms with E-state index < -0.39 is 21.7 Å². The third kappa shape index (κ3) is 10.2. The number of nitrogens with zero attached hydrogens (tertiary/aromatic N) is 1. The van der Waals surface area contributed by atoms with E-state index in [1.165, 1.54) is 18.1 Å². The van der Waals surface area contributed by atoms with Gasteiger partial charge in [0, 0.05) is 19.0 Å². The van der Waals surface area contributed by atoms with E-state index in [4.69, 9.17) is 9.47 Å². The van der Waals surface area contributed by atoms with Crippen molar-refractivity contribution in [3.05, 3.63) is 12.2 Å². The lowest BCUT2D eigenvalue weighted by atomic mass is 9.47. The van der Waals surface area contributed by atoms with E-state index in [2.05, 4.69) is 69.2 Å². The standard InChI is InChI=1S/C34H59NO6.C2H6/c1-29(2,3)23-34(12,32(9,10)31(7,8)24-33(11,27(38)40-13)30(4,5)6)28(39)41-22-17-15-14-16-21-35-25(36)19-18-20-26(35)37;1-2/h18-19H,14-17,20-24H2,1-13H3;1-2H3. The van der Waals surface area contributed by atoms with Crippen molar-refractivity contribution in [1.82, 2.24) is 4.90 Å². The maximum Gasteiger partial charge on any atom is 0.312 e. The van der Waals surface area contributed by atoms with E-state index in [0.29, 0.717) is 32.4 Å². The van der Waals surface area contributed by atoms with Gasteiger partial charge in [-0.15, -0.1) is 0 Å². The van der Waals surface area contributed by atoms with Crippen LogP contribution in [0.1, 0.15) is 142 Å². The second-order valence-electron chi connectivity index (χ2n) is 15.9. The number of imide groups is 1. The number of carbonyl (C=O) groups is 4. The van der Waals surface area contributed by atoms with E-state index in [1.807, 2.05) is 27.7 Å². The lowest BCUT2D eigenvalue weighted by Gasteiger charge is -2.56. The van der Waals surface area contributed by atoms with E-state index >= 15 is 0 Å². The van der Waals surface area contributed by atoms with Gasteiger partial charge in [0.05, 0.1) is 24.5 Å². The molecule has 2 unspecified atom stereocenters. The molecule has 0 fully saturated rings. The molecule has 2 atom stereocenters. The Hall–Kier alpha value is -2.18. The third-order valence-electron chi connectivity index (χ3n) is 10.1. The Balaban J connectivity index is 0.00000862. The highest BCUT2D eigenvalue weighted by Gasteiger charge is 2.60. The molecule has 7 nitrogen and oxygen atoms in total. The quantitative estimate of drug-likeness (QED) is 0.112.